The van der Waals surface area contributed by atoms with Gasteiger partial charge in [-0.2, -0.15) is 0 Å². The van der Waals surface area contributed by atoms with Crippen LogP contribution >= 0.6 is 0 Å². The molecule has 0 amide bonds. The first kappa shape index (κ1) is 35.0. The van der Waals surface area contributed by atoms with Crippen molar-refractivity contribution in [3.05, 3.63) is 75.9 Å². The summed E-state index contributed by atoms with van der Waals surface area (Å²) in [4.78, 5) is 0. The number of benzene rings is 2. The van der Waals surface area contributed by atoms with Crippen LogP contribution in [0.3, 0.4) is 0 Å². The summed E-state index contributed by atoms with van der Waals surface area (Å²) in [6.45, 7) is 1.97. The van der Waals surface area contributed by atoms with Gasteiger partial charge < -0.3 is 0 Å². The van der Waals surface area contributed by atoms with Crippen LogP contribution in [0.25, 0.3) is 5.83 Å². The van der Waals surface area contributed by atoms with E-state index in [9.17, 15) is 22.0 Å². The van der Waals surface area contributed by atoms with Crippen molar-refractivity contribution in [1.82, 2.24) is 0 Å². The normalized spacial score (nSPS) is 27.8. The van der Waals surface area contributed by atoms with Crippen molar-refractivity contribution in [3.63, 3.8) is 0 Å². The zero-order valence-electron chi connectivity index (χ0n) is 27.1. The third kappa shape index (κ3) is 8.58. The monoisotopic (exact) mass is 650 g/mol. The Balaban J connectivity index is 1.03. The van der Waals surface area contributed by atoms with Crippen molar-refractivity contribution < 1.29 is 30.7 Å². The molecule has 5 rings (SSSR count). The second kappa shape index (κ2) is 16.2. The summed E-state index contributed by atoms with van der Waals surface area (Å²) >= 11 is 0. The Kier molecular flexibility index (Phi) is 12.3. The molecular weight excluding hydrogens is 601 g/mol. The average Bonchev–Trinajstić information content (AvgIpc) is 3.06. The molecule has 0 saturated heterocycles. The highest BCUT2D eigenvalue weighted by molar-refractivity contribution is 5.61. The summed E-state index contributed by atoms with van der Waals surface area (Å²) < 4.78 is 99.7. The van der Waals surface area contributed by atoms with Crippen molar-refractivity contribution in [1.29, 1.82) is 0 Å². The number of allylic oxidation sites excluding steroid dienone is 1. The van der Waals surface area contributed by atoms with Gasteiger partial charge >= 0.3 is 0 Å². The molecule has 0 nitrogen and oxygen atoms in total. The Labute approximate surface area is 270 Å². The van der Waals surface area contributed by atoms with E-state index in [-0.39, 0.29) is 29.4 Å². The van der Waals surface area contributed by atoms with Crippen LogP contribution in [0.4, 0.5) is 30.7 Å². The van der Waals surface area contributed by atoms with Crippen LogP contribution in [0.15, 0.2) is 30.1 Å². The molecule has 0 radical (unpaired) electrons. The minimum atomic E-state index is -1.40. The van der Waals surface area contributed by atoms with Gasteiger partial charge in [-0.3, -0.25) is 0 Å². The van der Waals surface area contributed by atoms with Gasteiger partial charge in [-0.05, 0) is 136 Å². The fraction of sp³-hybridized carbons (Fsp3) is 0.641. The lowest BCUT2D eigenvalue weighted by molar-refractivity contribution is 0.150. The Morgan fingerprint density at radius 3 is 1.59 bits per heavy atom. The summed E-state index contributed by atoms with van der Waals surface area (Å²) in [7, 11) is 0. The Morgan fingerprint density at radius 2 is 1.07 bits per heavy atom. The fourth-order valence-corrected chi connectivity index (χ4v) is 8.79. The molecule has 0 N–H and O–H groups in total. The minimum Gasteiger partial charge on any atom is -0.209 e. The van der Waals surface area contributed by atoms with Crippen molar-refractivity contribution in [2.24, 2.45) is 23.7 Å². The maximum Gasteiger partial charge on any atom is 0.194 e. The Bertz CT molecular complexity index is 1280. The number of hydrogen-bond donors (Lipinski definition) is 0. The Hall–Kier alpha value is -2.31. The van der Waals surface area contributed by atoms with E-state index in [0.29, 0.717) is 42.6 Å². The first-order valence-electron chi connectivity index (χ1n) is 17.8. The van der Waals surface area contributed by atoms with E-state index in [2.05, 4.69) is 0 Å². The molecule has 46 heavy (non-hydrogen) atoms. The molecule has 0 unspecified atom stereocenters. The zero-order chi connectivity index (χ0) is 32.8. The van der Waals surface area contributed by atoms with Gasteiger partial charge in [0.2, 0.25) is 0 Å². The highest BCUT2D eigenvalue weighted by Crippen LogP contribution is 2.46. The van der Waals surface area contributed by atoms with Crippen LogP contribution in [-0.2, 0) is 0 Å². The van der Waals surface area contributed by atoms with Crippen LogP contribution in [0, 0.1) is 52.8 Å². The third-order valence-electron chi connectivity index (χ3n) is 11.6. The van der Waals surface area contributed by atoms with E-state index < -0.39 is 40.7 Å². The number of halogens is 7. The second-order valence-corrected chi connectivity index (χ2v) is 14.5. The third-order valence-corrected chi connectivity index (χ3v) is 11.6. The van der Waals surface area contributed by atoms with Gasteiger partial charge in [-0.15, -0.1) is 0 Å². The molecule has 0 aromatic heterocycles. The van der Waals surface area contributed by atoms with E-state index in [1.807, 2.05) is 6.92 Å². The molecule has 3 saturated carbocycles. The molecule has 0 heterocycles. The number of hydrogen-bond acceptors (Lipinski definition) is 0. The molecule has 7 heteroatoms. The standard InChI is InChI=1S/C39H49F7/c1-2-3-4-5-32(40)38(45)31-22-33(41)37(34(42)23-31)29-18-16-27(17-19-29)26-12-8-24(9-13-26)6-7-25-10-14-28(15-11-25)30-20-35(43)39(46)36(44)21-30/h20-29H,2-19H2,1H3/b38-32+. The summed E-state index contributed by atoms with van der Waals surface area (Å²) in [5.74, 6) is -4.85. The van der Waals surface area contributed by atoms with Crippen LogP contribution in [0.1, 0.15) is 151 Å². The van der Waals surface area contributed by atoms with Crippen molar-refractivity contribution in [3.8, 4) is 0 Å². The smallest absolute Gasteiger partial charge is 0.194 e. The summed E-state index contributed by atoms with van der Waals surface area (Å²) in [5.41, 5.74) is 0.240. The van der Waals surface area contributed by atoms with E-state index in [1.165, 1.54) is 38.5 Å². The molecule has 3 aliphatic carbocycles. The number of rotatable bonds is 11. The van der Waals surface area contributed by atoms with Gasteiger partial charge in [0, 0.05) is 17.5 Å². The average molecular weight is 651 g/mol. The van der Waals surface area contributed by atoms with Gasteiger partial charge in [-0.25, -0.2) is 30.7 Å². The first-order chi connectivity index (χ1) is 22.1. The molecule has 2 aromatic carbocycles. The minimum absolute atomic E-state index is 0.0242. The summed E-state index contributed by atoms with van der Waals surface area (Å²) in [6.07, 6.45) is 16.4. The van der Waals surface area contributed by atoms with Gasteiger partial charge in [0.05, 0.1) is 0 Å². The predicted octanol–water partition coefficient (Wildman–Crippen LogP) is 13.4. The van der Waals surface area contributed by atoms with Gasteiger partial charge in [-0.1, -0.05) is 45.4 Å². The second-order valence-electron chi connectivity index (χ2n) is 14.5. The first-order valence-corrected chi connectivity index (χ1v) is 17.8. The molecular formula is C39H49F7. The molecule has 3 aliphatic rings. The molecule has 0 aliphatic heterocycles. The largest absolute Gasteiger partial charge is 0.209 e. The predicted molar refractivity (Wildman–Crippen MR) is 170 cm³/mol. The van der Waals surface area contributed by atoms with Crippen LogP contribution in [-0.4, -0.2) is 0 Å². The van der Waals surface area contributed by atoms with Gasteiger partial charge in [0.25, 0.3) is 0 Å². The molecule has 0 spiro atoms. The van der Waals surface area contributed by atoms with E-state index in [4.69, 9.17) is 0 Å². The topological polar surface area (TPSA) is 0 Å². The van der Waals surface area contributed by atoms with Gasteiger partial charge in [0.15, 0.2) is 23.3 Å². The quantitative estimate of drug-likeness (QED) is 0.129. The fourth-order valence-electron chi connectivity index (χ4n) is 8.79. The molecule has 0 atom stereocenters. The zero-order valence-corrected chi connectivity index (χ0v) is 27.1. The Morgan fingerprint density at radius 1 is 0.587 bits per heavy atom. The highest BCUT2D eigenvalue weighted by Gasteiger charge is 2.34. The lowest BCUT2D eigenvalue weighted by Crippen LogP contribution is -2.26. The number of unbranched alkanes of at least 4 members (excludes halogenated alkanes) is 2. The van der Waals surface area contributed by atoms with Gasteiger partial charge in [0.1, 0.15) is 17.5 Å². The van der Waals surface area contributed by atoms with E-state index >= 15 is 8.78 Å². The summed E-state index contributed by atoms with van der Waals surface area (Å²) in [5, 5.41) is 0. The lowest BCUT2D eigenvalue weighted by atomic mass is 9.67. The molecule has 3 fully saturated rings. The highest BCUT2D eigenvalue weighted by atomic mass is 19.2. The van der Waals surface area contributed by atoms with Crippen molar-refractivity contribution >= 4 is 5.83 Å². The van der Waals surface area contributed by atoms with E-state index in [1.54, 1.807) is 0 Å². The maximum absolute atomic E-state index is 15.1. The molecule has 0 bridgehead atoms. The van der Waals surface area contributed by atoms with E-state index in [0.717, 1.165) is 81.5 Å². The van der Waals surface area contributed by atoms with Crippen LogP contribution < -0.4 is 0 Å². The van der Waals surface area contributed by atoms with Crippen LogP contribution in [0.2, 0.25) is 0 Å². The van der Waals surface area contributed by atoms with Crippen molar-refractivity contribution in [2.45, 2.75) is 134 Å². The van der Waals surface area contributed by atoms with Crippen LogP contribution in [0.5, 0.6) is 0 Å². The lowest BCUT2D eigenvalue weighted by Gasteiger charge is -2.38. The maximum atomic E-state index is 15.1. The molecule has 2 aromatic rings. The molecule has 254 valence electrons. The SMILES string of the molecule is CCCCC/C(F)=C(\F)c1cc(F)c(C2CCC(C3CCC(CCC4CCC(c5cc(F)c(F)c(F)c5)CC4)CC3)CC2)c(F)c1. The summed E-state index contributed by atoms with van der Waals surface area (Å²) in [6, 6.07) is 4.23. The van der Waals surface area contributed by atoms with Crippen molar-refractivity contribution in [2.75, 3.05) is 0 Å².